The van der Waals surface area contributed by atoms with Crippen LogP contribution in [0.2, 0.25) is 0 Å². The highest BCUT2D eigenvalue weighted by Gasteiger charge is 2.38. The van der Waals surface area contributed by atoms with Crippen LogP contribution in [0, 0.1) is 5.41 Å². The van der Waals surface area contributed by atoms with Crippen LogP contribution in [0.25, 0.3) is 43.6 Å². The molecule has 0 unspecified atom stereocenters. The van der Waals surface area contributed by atoms with Crippen molar-refractivity contribution in [2.24, 2.45) is 11.1 Å². The van der Waals surface area contributed by atoms with E-state index in [1.165, 1.54) is 11.1 Å². The van der Waals surface area contributed by atoms with Crippen LogP contribution in [0.1, 0.15) is 45.7 Å². The monoisotopic (exact) mass is 422 g/mol. The molecule has 0 atom stereocenters. The lowest BCUT2D eigenvalue weighted by molar-refractivity contribution is 0.0880. The maximum Gasteiger partial charge on any atom is 0.259 e. The van der Waals surface area contributed by atoms with Crippen molar-refractivity contribution in [3.8, 4) is 0 Å². The molecule has 3 aromatic carbocycles. The van der Waals surface area contributed by atoms with E-state index in [2.05, 4.69) is 46.9 Å². The molecule has 158 valence electrons. The van der Waals surface area contributed by atoms with Gasteiger partial charge in [-0.25, -0.2) is 0 Å². The maximum absolute atomic E-state index is 13.1. The molecule has 6 heteroatoms. The number of hydrogen-bond donors (Lipinski definition) is 3. The summed E-state index contributed by atoms with van der Waals surface area (Å²) in [6.07, 6.45) is 0.976. The van der Waals surface area contributed by atoms with Crippen LogP contribution < -0.4 is 11.1 Å². The third kappa shape index (κ3) is 2.03. The van der Waals surface area contributed by atoms with Crippen LogP contribution >= 0.6 is 0 Å². The molecule has 2 aromatic heterocycles. The molecule has 0 bridgehead atoms. The number of rotatable bonds is 1. The first-order valence-electron chi connectivity index (χ1n) is 11.0. The predicted octanol–water partition coefficient (Wildman–Crippen LogP) is 4.35. The number of H-pyrrole nitrogens is 1. The van der Waals surface area contributed by atoms with Crippen LogP contribution in [0.4, 0.5) is 0 Å². The Morgan fingerprint density at radius 3 is 2.56 bits per heavy atom. The van der Waals surface area contributed by atoms with Crippen molar-refractivity contribution in [1.82, 2.24) is 14.9 Å². The Morgan fingerprint density at radius 1 is 1.00 bits per heavy atom. The van der Waals surface area contributed by atoms with Crippen molar-refractivity contribution in [3.63, 3.8) is 0 Å². The van der Waals surface area contributed by atoms with E-state index < -0.39 is 0 Å². The Bertz CT molecular complexity index is 1700. The van der Waals surface area contributed by atoms with Gasteiger partial charge in [0.15, 0.2) is 0 Å². The average molecular weight is 422 g/mol. The number of carbonyl (C=O) groups is 2. The second-order valence-corrected chi connectivity index (χ2v) is 9.96. The van der Waals surface area contributed by atoms with Crippen LogP contribution in [-0.4, -0.2) is 21.4 Å². The molecule has 0 spiro atoms. The molecule has 4 heterocycles. The first-order chi connectivity index (χ1) is 15.4. The molecule has 32 heavy (non-hydrogen) atoms. The zero-order valence-corrected chi connectivity index (χ0v) is 17.9. The average Bonchev–Trinajstić information content (AvgIpc) is 3.37. The highest BCUT2D eigenvalue weighted by Crippen LogP contribution is 2.47. The van der Waals surface area contributed by atoms with Gasteiger partial charge in [0.25, 0.3) is 11.8 Å². The number of nitrogens with two attached hydrogens (primary N) is 1. The van der Waals surface area contributed by atoms with E-state index in [0.717, 1.165) is 56.6 Å². The van der Waals surface area contributed by atoms with E-state index in [1.54, 1.807) is 0 Å². The lowest BCUT2D eigenvalue weighted by Crippen LogP contribution is -2.26. The fraction of sp³-hybridized carbons (Fsp3) is 0.231. The molecule has 6 nitrogen and oxygen atoms in total. The molecule has 5 aromatic rings. The molecule has 0 aliphatic carbocycles. The fourth-order valence-corrected chi connectivity index (χ4v) is 6.04. The molecule has 0 radical (unpaired) electrons. The van der Waals surface area contributed by atoms with Crippen molar-refractivity contribution in [3.05, 3.63) is 58.7 Å². The van der Waals surface area contributed by atoms with Crippen molar-refractivity contribution in [1.29, 1.82) is 0 Å². The number of benzene rings is 3. The van der Waals surface area contributed by atoms with Gasteiger partial charge >= 0.3 is 0 Å². The van der Waals surface area contributed by atoms with Crippen LogP contribution in [0.15, 0.2) is 36.4 Å². The third-order valence-electron chi connectivity index (χ3n) is 7.19. The largest absolute Gasteiger partial charge is 0.353 e. The van der Waals surface area contributed by atoms with Crippen molar-refractivity contribution in [2.45, 2.75) is 33.4 Å². The Kier molecular flexibility index (Phi) is 3.14. The standard InChI is InChI=1S/C26H22N4O2/c1-26(2)9-13-4-3-5-15-18-20-19(24(31)29-25(20)32)17-14-7-6-12(10-27)8-16(14)28-21(17)23(18)30(11-26)22(13)15/h3-8,28H,9-11,27H2,1-2H3,(H,29,31,32). The molecule has 7 rings (SSSR count). The number of carbonyl (C=O) groups excluding carboxylic acids is 2. The smallest absolute Gasteiger partial charge is 0.259 e. The molecule has 0 saturated heterocycles. The Hall–Kier alpha value is -3.64. The lowest BCUT2D eigenvalue weighted by Gasteiger charge is -2.31. The number of aromatic nitrogens is 2. The molecule has 0 fully saturated rings. The van der Waals surface area contributed by atoms with Crippen molar-refractivity contribution in [2.75, 3.05) is 0 Å². The number of para-hydroxylation sites is 1. The van der Waals surface area contributed by atoms with Crippen LogP contribution in [0.3, 0.4) is 0 Å². The van der Waals surface area contributed by atoms with Gasteiger partial charge < -0.3 is 15.3 Å². The predicted molar refractivity (Wildman–Crippen MR) is 126 cm³/mol. The number of nitrogens with zero attached hydrogens (tertiary/aromatic N) is 1. The maximum atomic E-state index is 13.1. The SMILES string of the molecule is CC1(C)Cc2cccc3c4c5c(c6c7ccc(CN)cc7[nH]c6c4n(c23)C1)C(=O)NC5=O. The first kappa shape index (κ1) is 18.0. The molecule has 2 aliphatic heterocycles. The number of amides is 2. The second-order valence-electron chi connectivity index (χ2n) is 9.96. The zero-order chi connectivity index (χ0) is 21.9. The summed E-state index contributed by atoms with van der Waals surface area (Å²) in [5, 5.41) is 6.23. The summed E-state index contributed by atoms with van der Waals surface area (Å²) in [6, 6.07) is 12.4. The summed E-state index contributed by atoms with van der Waals surface area (Å²) in [5.74, 6) is -0.638. The van der Waals surface area contributed by atoms with E-state index in [9.17, 15) is 9.59 Å². The molecule has 2 amide bonds. The van der Waals surface area contributed by atoms with Gasteiger partial charge in [0.1, 0.15) is 0 Å². The quantitative estimate of drug-likeness (QED) is 0.351. The summed E-state index contributed by atoms with van der Waals surface area (Å²) in [7, 11) is 0. The van der Waals surface area contributed by atoms with Gasteiger partial charge in [0, 0.05) is 40.2 Å². The minimum Gasteiger partial charge on any atom is -0.353 e. The summed E-state index contributed by atoms with van der Waals surface area (Å²) in [5.41, 5.74) is 13.3. The number of nitrogens with one attached hydrogen (secondary N) is 2. The Morgan fingerprint density at radius 2 is 1.78 bits per heavy atom. The van der Waals surface area contributed by atoms with Crippen molar-refractivity contribution >= 4 is 55.4 Å². The number of aromatic amines is 1. The van der Waals surface area contributed by atoms with Gasteiger partial charge in [-0.05, 0) is 29.0 Å². The topological polar surface area (TPSA) is 92.9 Å². The highest BCUT2D eigenvalue weighted by atomic mass is 16.2. The van der Waals surface area contributed by atoms with Gasteiger partial charge in [0.2, 0.25) is 0 Å². The van der Waals surface area contributed by atoms with E-state index in [0.29, 0.717) is 17.7 Å². The van der Waals surface area contributed by atoms with Crippen LogP contribution in [-0.2, 0) is 19.5 Å². The zero-order valence-electron chi connectivity index (χ0n) is 17.9. The van der Waals surface area contributed by atoms with Crippen LogP contribution in [0.5, 0.6) is 0 Å². The number of fused-ring (bicyclic) bond motifs is 10. The van der Waals surface area contributed by atoms with Gasteiger partial charge in [-0.1, -0.05) is 44.2 Å². The van der Waals surface area contributed by atoms with Gasteiger partial charge in [-0.15, -0.1) is 0 Å². The number of imide groups is 1. The summed E-state index contributed by atoms with van der Waals surface area (Å²) in [6.45, 7) is 5.84. The Balaban J connectivity index is 1.81. The lowest BCUT2D eigenvalue weighted by atomic mass is 9.82. The fourth-order valence-electron chi connectivity index (χ4n) is 6.04. The summed E-state index contributed by atoms with van der Waals surface area (Å²) in [4.78, 5) is 29.7. The third-order valence-corrected chi connectivity index (χ3v) is 7.19. The molecule has 2 aliphatic rings. The van der Waals surface area contributed by atoms with E-state index in [1.807, 2.05) is 18.2 Å². The van der Waals surface area contributed by atoms with E-state index >= 15 is 0 Å². The second kappa shape index (κ2) is 5.58. The molecular weight excluding hydrogens is 400 g/mol. The Labute approximate surface area is 183 Å². The van der Waals surface area contributed by atoms with E-state index in [-0.39, 0.29) is 17.2 Å². The van der Waals surface area contributed by atoms with Gasteiger partial charge in [-0.3, -0.25) is 14.9 Å². The molecule has 0 saturated carbocycles. The summed E-state index contributed by atoms with van der Waals surface area (Å²) >= 11 is 0. The summed E-state index contributed by atoms with van der Waals surface area (Å²) < 4.78 is 2.36. The minimum atomic E-state index is -0.326. The first-order valence-corrected chi connectivity index (χ1v) is 11.0. The molecular formula is C26H22N4O2. The van der Waals surface area contributed by atoms with Gasteiger partial charge in [-0.2, -0.15) is 0 Å². The highest BCUT2D eigenvalue weighted by molar-refractivity contribution is 6.39. The number of hydrogen-bond acceptors (Lipinski definition) is 3. The molecule has 4 N–H and O–H groups in total. The normalized spacial score (nSPS) is 17.1. The van der Waals surface area contributed by atoms with E-state index in [4.69, 9.17) is 5.73 Å². The minimum absolute atomic E-state index is 0.0788. The van der Waals surface area contributed by atoms with Gasteiger partial charge in [0.05, 0.1) is 27.7 Å². The van der Waals surface area contributed by atoms with Crippen molar-refractivity contribution < 1.29 is 9.59 Å².